The number of carbonyl (C=O) groups excluding carboxylic acids is 3. The Morgan fingerprint density at radius 3 is 2.40 bits per heavy atom. The van der Waals surface area contributed by atoms with E-state index in [0.29, 0.717) is 44.3 Å². The molecule has 3 aromatic rings. The highest BCUT2D eigenvalue weighted by molar-refractivity contribution is 7.13. The Bertz CT molecular complexity index is 1550. The van der Waals surface area contributed by atoms with Gasteiger partial charge in [0.1, 0.15) is 17.6 Å². The van der Waals surface area contributed by atoms with Gasteiger partial charge in [-0.05, 0) is 88.4 Å². The fraction of sp³-hybridized carbons (Fsp3) is 0.583. The van der Waals surface area contributed by atoms with E-state index < -0.39 is 17.6 Å². The zero-order chi connectivity index (χ0) is 34.6. The van der Waals surface area contributed by atoms with Crippen LogP contribution in [0.25, 0.3) is 10.4 Å². The van der Waals surface area contributed by atoms with Crippen molar-refractivity contribution in [2.45, 2.75) is 97.8 Å². The molecule has 48 heavy (non-hydrogen) atoms. The summed E-state index contributed by atoms with van der Waals surface area (Å²) < 4.78 is 17.1. The van der Waals surface area contributed by atoms with Gasteiger partial charge in [0.2, 0.25) is 11.8 Å². The van der Waals surface area contributed by atoms with Crippen LogP contribution >= 0.6 is 11.3 Å². The molecular weight excluding hydrogens is 630 g/mol. The van der Waals surface area contributed by atoms with Gasteiger partial charge in [-0.15, -0.1) is 11.3 Å². The van der Waals surface area contributed by atoms with Crippen LogP contribution < -0.4 is 10.1 Å². The van der Waals surface area contributed by atoms with E-state index in [2.05, 4.69) is 27.6 Å². The average molecular weight is 680 g/mol. The maximum atomic E-state index is 14.0. The van der Waals surface area contributed by atoms with Gasteiger partial charge >= 0.3 is 6.09 Å². The first-order chi connectivity index (χ1) is 22.8. The molecule has 12 heteroatoms. The van der Waals surface area contributed by atoms with E-state index >= 15 is 0 Å². The number of amides is 3. The highest BCUT2D eigenvalue weighted by Gasteiger charge is 2.40. The molecule has 0 saturated carbocycles. The highest BCUT2D eigenvalue weighted by atomic mass is 32.1. The van der Waals surface area contributed by atoms with Gasteiger partial charge in [-0.25, -0.2) is 9.78 Å². The molecule has 0 aliphatic carbocycles. The summed E-state index contributed by atoms with van der Waals surface area (Å²) in [6.07, 6.45) is 2.67. The van der Waals surface area contributed by atoms with E-state index in [0.717, 1.165) is 41.0 Å². The molecule has 2 saturated heterocycles. The molecule has 5 rings (SSSR count). The Morgan fingerprint density at radius 2 is 1.77 bits per heavy atom. The molecule has 260 valence electrons. The number of piperidine rings is 1. The quantitative estimate of drug-likeness (QED) is 0.250. The maximum absolute atomic E-state index is 14.0. The number of ether oxygens (including phenoxy) is 2. The normalized spacial score (nSPS) is 18.5. The maximum Gasteiger partial charge on any atom is 0.410 e. The van der Waals surface area contributed by atoms with E-state index in [-0.39, 0.29) is 35.8 Å². The third kappa shape index (κ3) is 8.56. The van der Waals surface area contributed by atoms with Crippen molar-refractivity contribution in [2.24, 2.45) is 11.8 Å². The molecule has 1 unspecified atom stereocenters. The summed E-state index contributed by atoms with van der Waals surface area (Å²) in [6.45, 7) is 15.7. The van der Waals surface area contributed by atoms with Crippen LogP contribution in [-0.4, -0.2) is 75.7 Å². The first kappa shape index (κ1) is 35.4. The highest BCUT2D eigenvalue weighted by Crippen LogP contribution is 2.33. The number of aromatic nitrogens is 2. The largest absolute Gasteiger partial charge is 0.475 e. The van der Waals surface area contributed by atoms with E-state index in [4.69, 9.17) is 14.0 Å². The number of hydrogen-bond acceptors (Lipinski definition) is 9. The van der Waals surface area contributed by atoms with Crippen LogP contribution in [0.1, 0.15) is 96.2 Å². The van der Waals surface area contributed by atoms with Gasteiger partial charge in [0.05, 0.1) is 28.7 Å². The number of likely N-dealkylation sites (tertiary alicyclic amines) is 2. The lowest BCUT2D eigenvalue weighted by Crippen LogP contribution is -2.48. The molecule has 2 fully saturated rings. The van der Waals surface area contributed by atoms with Crippen molar-refractivity contribution < 1.29 is 28.4 Å². The summed E-state index contributed by atoms with van der Waals surface area (Å²) in [5.41, 5.74) is 4.42. The van der Waals surface area contributed by atoms with E-state index in [9.17, 15) is 14.4 Å². The topological polar surface area (TPSA) is 127 Å². The van der Waals surface area contributed by atoms with Gasteiger partial charge in [0, 0.05) is 25.7 Å². The number of rotatable bonds is 10. The third-order valence-electron chi connectivity index (χ3n) is 9.09. The second kappa shape index (κ2) is 15.1. The van der Waals surface area contributed by atoms with Crippen molar-refractivity contribution >= 4 is 29.2 Å². The number of benzene rings is 1. The van der Waals surface area contributed by atoms with Gasteiger partial charge in [0.15, 0.2) is 5.76 Å². The first-order valence-electron chi connectivity index (χ1n) is 17.0. The van der Waals surface area contributed by atoms with Crippen LogP contribution in [0.15, 0.2) is 40.4 Å². The SMILES string of the molecule is Cc1ncsc1-c1ccc([C@H](C)NC(=O)[C@@H]2CCCN2C(=O)C(c2cc(OCC3CCN(C(=O)OC(C)(C)C)CC3)no2)C(C)C)cc1. The molecule has 0 bridgehead atoms. The number of nitrogens with zero attached hydrogens (tertiary/aromatic N) is 4. The molecule has 2 aromatic heterocycles. The lowest BCUT2D eigenvalue weighted by Gasteiger charge is -2.33. The Balaban J connectivity index is 1.15. The zero-order valence-corrected chi connectivity index (χ0v) is 30.0. The van der Waals surface area contributed by atoms with E-state index in [1.165, 1.54) is 0 Å². The van der Waals surface area contributed by atoms with Gasteiger partial charge in [-0.1, -0.05) is 38.1 Å². The minimum atomic E-state index is -0.597. The molecule has 0 spiro atoms. The van der Waals surface area contributed by atoms with Crippen LogP contribution in [0.2, 0.25) is 0 Å². The number of thiazole rings is 1. The van der Waals surface area contributed by atoms with Gasteiger partial charge < -0.3 is 29.1 Å². The fourth-order valence-electron chi connectivity index (χ4n) is 6.41. The second-order valence-electron chi connectivity index (χ2n) is 14.3. The fourth-order valence-corrected chi connectivity index (χ4v) is 7.22. The predicted octanol–water partition coefficient (Wildman–Crippen LogP) is 6.74. The van der Waals surface area contributed by atoms with Gasteiger partial charge in [-0.3, -0.25) is 9.59 Å². The van der Waals surface area contributed by atoms with Crippen molar-refractivity contribution in [1.82, 2.24) is 25.3 Å². The number of nitrogens with one attached hydrogen (secondary N) is 1. The number of carbonyl (C=O) groups is 3. The van der Waals surface area contributed by atoms with Crippen molar-refractivity contribution in [1.29, 1.82) is 0 Å². The summed E-state index contributed by atoms with van der Waals surface area (Å²) in [5, 5.41) is 7.26. The summed E-state index contributed by atoms with van der Waals surface area (Å²) in [5.74, 6) is 0.0480. The standard InChI is InChI=1S/C36H49N5O6S/c1-22(2)31(29-19-30(39-47-29)45-20-25-14-17-40(18-15-25)35(44)46-36(5,6)7)34(43)41-16-8-9-28(41)33(42)38-23(3)26-10-12-27(13-11-26)32-24(4)37-21-48-32/h10-13,19,21-23,25,28,31H,8-9,14-18,20H2,1-7H3,(H,38,42)/t23-,28-,31?/m0/s1. The number of aryl methyl sites for hydroxylation is 1. The van der Waals surface area contributed by atoms with Crippen LogP contribution in [0.3, 0.4) is 0 Å². The Morgan fingerprint density at radius 1 is 1.06 bits per heavy atom. The van der Waals surface area contributed by atoms with Crippen LogP contribution in [0.4, 0.5) is 4.79 Å². The molecule has 2 aliphatic heterocycles. The first-order valence-corrected chi connectivity index (χ1v) is 17.9. The minimum Gasteiger partial charge on any atom is -0.475 e. The summed E-state index contributed by atoms with van der Waals surface area (Å²) in [6, 6.07) is 9.11. The van der Waals surface area contributed by atoms with Crippen molar-refractivity contribution in [2.75, 3.05) is 26.2 Å². The third-order valence-corrected chi connectivity index (χ3v) is 10.1. The Hall–Kier alpha value is -3.93. The van der Waals surface area contributed by atoms with Crippen LogP contribution in [-0.2, 0) is 14.3 Å². The molecule has 3 atom stereocenters. The Labute approximate surface area is 287 Å². The average Bonchev–Trinajstić information content (AvgIpc) is 3.81. The molecule has 1 aromatic carbocycles. The smallest absolute Gasteiger partial charge is 0.410 e. The summed E-state index contributed by atoms with van der Waals surface area (Å²) in [7, 11) is 0. The molecule has 4 heterocycles. The molecular formula is C36H49N5O6S. The monoisotopic (exact) mass is 679 g/mol. The van der Waals surface area contributed by atoms with Crippen LogP contribution in [0.5, 0.6) is 5.88 Å². The zero-order valence-electron chi connectivity index (χ0n) is 29.2. The van der Waals surface area contributed by atoms with Gasteiger partial charge in [0.25, 0.3) is 5.88 Å². The second-order valence-corrected chi connectivity index (χ2v) is 15.2. The minimum absolute atomic E-state index is 0.0839. The molecule has 2 aliphatic rings. The summed E-state index contributed by atoms with van der Waals surface area (Å²) >= 11 is 1.61. The number of hydrogen-bond donors (Lipinski definition) is 1. The van der Waals surface area contributed by atoms with E-state index in [1.807, 2.05) is 66.1 Å². The van der Waals surface area contributed by atoms with Crippen molar-refractivity contribution in [3.05, 3.63) is 52.9 Å². The van der Waals surface area contributed by atoms with Crippen molar-refractivity contribution in [3.63, 3.8) is 0 Å². The predicted molar refractivity (Wildman–Crippen MR) is 184 cm³/mol. The molecule has 0 radical (unpaired) electrons. The van der Waals surface area contributed by atoms with Gasteiger partial charge in [-0.2, -0.15) is 0 Å². The van der Waals surface area contributed by atoms with E-state index in [1.54, 1.807) is 27.2 Å². The molecule has 11 nitrogen and oxygen atoms in total. The summed E-state index contributed by atoms with van der Waals surface area (Å²) in [4.78, 5) is 48.8. The molecule has 3 amide bonds. The van der Waals surface area contributed by atoms with Crippen LogP contribution in [0, 0.1) is 18.8 Å². The Kier molecular flexibility index (Phi) is 11.1. The lowest BCUT2D eigenvalue weighted by molar-refractivity contribution is -0.141. The van der Waals surface area contributed by atoms with Crippen molar-refractivity contribution in [3.8, 4) is 16.3 Å². The molecule has 1 N–H and O–H groups in total. The lowest BCUT2D eigenvalue weighted by atomic mass is 9.91.